The Hall–Kier alpha value is -1.64. The second kappa shape index (κ2) is 6.84. The first-order chi connectivity index (χ1) is 8.17. The molecule has 0 heterocycles. The number of ketones is 1. The molecule has 0 aliphatic heterocycles. The Kier molecular flexibility index (Phi) is 5.40. The molecule has 3 heteroatoms. The van der Waals surface area contributed by atoms with Gasteiger partial charge in [-0.2, -0.15) is 0 Å². The second-order valence-corrected chi connectivity index (χ2v) is 3.94. The van der Waals surface area contributed by atoms with Gasteiger partial charge in [-0.1, -0.05) is 30.3 Å². The van der Waals surface area contributed by atoms with Crippen molar-refractivity contribution in [3.05, 3.63) is 35.9 Å². The molecule has 3 nitrogen and oxygen atoms in total. The zero-order valence-electron chi connectivity index (χ0n) is 10.5. The Balaban J connectivity index is 2.47. The summed E-state index contributed by atoms with van der Waals surface area (Å²) in [4.78, 5) is 25.1. The molecule has 92 valence electrons. The maximum Gasteiger partial charge on any atom is 0.230 e. The first-order valence-corrected chi connectivity index (χ1v) is 6.00. The fourth-order valence-corrected chi connectivity index (χ4v) is 1.74. The molecule has 1 rings (SSSR count). The number of hydrogen-bond donors (Lipinski definition) is 0. The smallest absolute Gasteiger partial charge is 0.230 e. The summed E-state index contributed by atoms with van der Waals surface area (Å²) in [7, 11) is 0. The van der Waals surface area contributed by atoms with Gasteiger partial charge < -0.3 is 4.90 Å². The van der Waals surface area contributed by atoms with Crippen molar-refractivity contribution in [1.29, 1.82) is 0 Å². The minimum atomic E-state index is -0.0732. The number of hydrogen-bond acceptors (Lipinski definition) is 2. The van der Waals surface area contributed by atoms with Crippen molar-refractivity contribution in [2.45, 2.75) is 26.7 Å². The molecule has 17 heavy (non-hydrogen) atoms. The fraction of sp³-hybridized carbons (Fsp3) is 0.429. The Bertz CT molecular complexity index is 369. The lowest BCUT2D eigenvalue weighted by Crippen LogP contribution is -2.32. The first kappa shape index (κ1) is 13.4. The standard InChI is InChI=1S/C14H19NO2/c1-3-15(4-2)14(17)11-13(16)10-12-8-6-5-7-9-12/h5-9H,3-4,10-11H2,1-2H3. The summed E-state index contributed by atoms with van der Waals surface area (Å²) < 4.78 is 0. The maximum atomic E-state index is 11.7. The van der Waals surface area contributed by atoms with Crippen LogP contribution in [-0.4, -0.2) is 29.7 Å². The molecular formula is C14H19NO2. The van der Waals surface area contributed by atoms with E-state index in [1.165, 1.54) is 0 Å². The van der Waals surface area contributed by atoms with Crippen LogP contribution >= 0.6 is 0 Å². The highest BCUT2D eigenvalue weighted by atomic mass is 16.2. The quantitative estimate of drug-likeness (QED) is 0.705. The third-order valence-corrected chi connectivity index (χ3v) is 2.71. The van der Waals surface area contributed by atoms with Crippen molar-refractivity contribution < 1.29 is 9.59 Å². The van der Waals surface area contributed by atoms with E-state index in [0.29, 0.717) is 19.5 Å². The average molecular weight is 233 g/mol. The summed E-state index contributed by atoms with van der Waals surface area (Å²) in [5.41, 5.74) is 0.963. The lowest BCUT2D eigenvalue weighted by Gasteiger charge is -2.17. The lowest BCUT2D eigenvalue weighted by atomic mass is 10.1. The largest absolute Gasteiger partial charge is 0.343 e. The molecule has 0 fully saturated rings. The van der Waals surface area contributed by atoms with Gasteiger partial charge in [0.25, 0.3) is 0 Å². The molecule has 0 saturated heterocycles. The van der Waals surface area contributed by atoms with Crippen molar-refractivity contribution in [2.24, 2.45) is 0 Å². The predicted molar refractivity (Wildman–Crippen MR) is 67.7 cm³/mol. The minimum Gasteiger partial charge on any atom is -0.343 e. The maximum absolute atomic E-state index is 11.7. The Labute approximate surface area is 102 Å². The number of benzene rings is 1. The molecule has 0 unspecified atom stereocenters. The zero-order valence-corrected chi connectivity index (χ0v) is 10.5. The number of carbonyl (C=O) groups is 2. The number of rotatable bonds is 6. The van der Waals surface area contributed by atoms with Gasteiger partial charge in [0.15, 0.2) is 0 Å². The van der Waals surface area contributed by atoms with Gasteiger partial charge in [-0.3, -0.25) is 9.59 Å². The van der Waals surface area contributed by atoms with Crippen LogP contribution in [0, 0.1) is 0 Å². The molecule has 0 aliphatic rings. The number of amides is 1. The molecule has 0 radical (unpaired) electrons. The van der Waals surface area contributed by atoms with E-state index in [9.17, 15) is 9.59 Å². The summed E-state index contributed by atoms with van der Waals surface area (Å²) in [5, 5.41) is 0. The van der Waals surface area contributed by atoms with Crippen LogP contribution in [0.3, 0.4) is 0 Å². The van der Waals surface area contributed by atoms with Gasteiger partial charge in [0.1, 0.15) is 5.78 Å². The van der Waals surface area contributed by atoms with E-state index in [0.717, 1.165) is 5.56 Å². The van der Waals surface area contributed by atoms with Crippen LogP contribution in [0.25, 0.3) is 0 Å². The molecule has 0 bridgehead atoms. The van der Waals surface area contributed by atoms with Crippen LogP contribution < -0.4 is 0 Å². The van der Waals surface area contributed by atoms with E-state index in [2.05, 4.69) is 0 Å². The van der Waals surface area contributed by atoms with Crippen LogP contribution in [-0.2, 0) is 16.0 Å². The summed E-state index contributed by atoms with van der Waals surface area (Å²) >= 11 is 0. The molecular weight excluding hydrogens is 214 g/mol. The SMILES string of the molecule is CCN(CC)C(=O)CC(=O)Cc1ccccc1. The highest BCUT2D eigenvalue weighted by molar-refractivity contribution is 5.98. The molecule has 1 aromatic carbocycles. The predicted octanol–water partition coefficient (Wildman–Crippen LogP) is 2.06. The third kappa shape index (κ3) is 4.39. The molecule has 0 aliphatic carbocycles. The molecule has 1 amide bonds. The van der Waals surface area contributed by atoms with Gasteiger partial charge in [-0.15, -0.1) is 0 Å². The Morgan fingerprint density at radius 1 is 1.06 bits per heavy atom. The summed E-state index contributed by atoms with van der Waals surface area (Å²) in [6.07, 6.45) is 0.352. The van der Waals surface area contributed by atoms with E-state index < -0.39 is 0 Å². The van der Waals surface area contributed by atoms with Gasteiger partial charge in [0.05, 0.1) is 6.42 Å². The van der Waals surface area contributed by atoms with Crippen molar-refractivity contribution in [2.75, 3.05) is 13.1 Å². The number of Topliss-reactive ketones (excluding diaryl/α,β-unsaturated/α-hetero) is 1. The van der Waals surface area contributed by atoms with Crippen molar-refractivity contribution >= 4 is 11.7 Å². The Morgan fingerprint density at radius 2 is 1.65 bits per heavy atom. The number of nitrogens with zero attached hydrogens (tertiary/aromatic N) is 1. The first-order valence-electron chi connectivity index (χ1n) is 6.00. The van der Waals surface area contributed by atoms with Gasteiger partial charge in [0, 0.05) is 19.5 Å². The van der Waals surface area contributed by atoms with E-state index in [1.807, 2.05) is 44.2 Å². The van der Waals surface area contributed by atoms with Gasteiger partial charge in [-0.25, -0.2) is 0 Å². The van der Waals surface area contributed by atoms with Crippen LogP contribution in [0.2, 0.25) is 0 Å². The number of carbonyl (C=O) groups excluding carboxylic acids is 2. The van der Waals surface area contributed by atoms with Gasteiger partial charge in [-0.05, 0) is 19.4 Å². The van der Waals surface area contributed by atoms with E-state index in [4.69, 9.17) is 0 Å². The van der Waals surface area contributed by atoms with Crippen LogP contribution in [0.4, 0.5) is 0 Å². The molecule has 0 atom stereocenters. The molecule has 0 aromatic heterocycles. The highest BCUT2D eigenvalue weighted by Crippen LogP contribution is 2.03. The fourth-order valence-electron chi connectivity index (χ4n) is 1.74. The van der Waals surface area contributed by atoms with Crippen LogP contribution in [0.15, 0.2) is 30.3 Å². The zero-order chi connectivity index (χ0) is 12.7. The minimum absolute atomic E-state index is 0.0105. The van der Waals surface area contributed by atoms with Gasteiger partial charge in [0.2, 0.25) is 5.91 Å². The third-order valence-electron chi connectivity index (χ3n) is 2.71. The van der Waals surface area contributed by atoms with Gasteiger partial charge >= 0.3 is 0 Å². The summed E-state index contributed by atoms with van der Waals surface area (Å²) in [6.45, 7) is 5.16. The highest BCUT2D eigenvalue weighted by Gasteiger charge is 2.14. The van der Waals surface area contributed by atoms with Crippen LogP contribution in [0.5, 0.6) is 0 Å². The van der Waals surface area contributed by atoms with Crippen molar-refractivity contribution in [3.8, 4) is 0 Å². The summed E-state index contributed by atoms with van der Waals surface area (Å²) in [5.74, 6) is -0.0935. The molecule has 0 saturated carbocycles. The normalized spacial score (nSPS) is 10.0. The molecule has 1 aromatic rings. The Morgan fingerprint density at radius 3 is 2.18 bits per heavy atom. The van der Waals surface area contributed by atoms with Crippen molar-refractivity contribution in [3.63, 3.8) is 0 Å². The summed E-state index contributed by atoms with van der Waals surface area (Å²) in [6, 6.07) is 9.51. The molecule has 0 N–H and O–H groups in total. The van der Waals surface area contributed by atoms with E-state index in [-0.39, 0.29) is 18.1 Å². The monoisotopic (exact) mass is 233 g/mol. The molecule has 0 spiro atoms. The topological polar surface area (TPSA) is 37.4 Å². The average Bonchev–Trinajstić information content (AvgIpc) is 2.31. The van der Waals surface area contributed by atoms with E-state index in [1.54, 1.807) is 4.90 Å². The van der Waals surface area contributed by atoms with Crippen LogP contribution in [0.1, 0.15) is 25.8 Å². The van der Waals surface area contributed by atoms with Crippen molar-refractivity contribution in [1.82, 2.24) is 4.90 Å². The van der Waals surface area contributed by atoms with E-state index >= 15 is 0 Å². The lowest BCUT2D eigenvalue weighted by molar-refractivity contribution is -0.134. The second-order valence-electron chi connectivity index (χ2n) is 3.94.